The molecule has 0 N–H and O–H groups in total. The molecule has 94 valence electrons. The molecule has 0 aliphatic heterocycles. The Hall–Kier alpha value is -1.44. The van der Waals surface area contributed by atoms with E-state index < -0.39 is 0 Å². The Kier molecular flexibility index (Phi) is 8.94. The van der Waals surface area contributed by atoms with Crippen molar-refractivity contribution in [1.29, 1.82) is 0 Å². The Morgan fingerprint density at radius 3 is 2.00 bits per heavy atom. The second kappa shape index (κ2) is 9.76. The van der Waals surface area contributed by atoms with E-state index in [4.69, 9.17) is 0 Å². The van der Waals surface area contributed by atoms with Crippen molar-refractivity contribution < 1.29 is 9.59 Å². The third-order valence-corrected chi connectivity index (χ3v) is 2.00. The van der Waals surface area contributed by atoms with E-state index >= 15 is 0 Å². The van der Waals surface area contributed by atoms with Crippen LogP contribution in [0.3, 0.4) is 0 Å². The summed E-state index contributed by atoms with van der Waals surface area (Å²) in [6.45, 7) is 5.76. The summed E-state index contributed by atoms with van der Waals surface area (Å²) in [5.74, 6) is 0.206. The predicted molar refractivity (Wildman–Crippen MR) is 71.0 cm³/mol. The van der Waals surface area contributed by atoms with Gasteiger partial charge in [-0.1, -0.05) is 50.6 Å². The smallest absolute Gasteiger partial charge is 0.137 e. The molecular weight excluding hydrogens is 212 g/mol. The van der Waals surface area contributed by atoms with Crippen LogP contribution in [0.25, 0.3) is 0 Å². The summed E-state index contributed by atoms with van der Waals surface area (Å²) in [5.41, 5.74) is 1.01. The number of carbonyl (C=O) groups is 2. The molecule has 0 aliphatic carbocycles. The quantitative estimate of drug-likeness (QED) is 0.780. The van der Waals surface area contributed by atoms with E-state index in [0.717, 1.165) is 5.56 Å². The van der Waals surface area contributed by atoms with E-state index in [1.54, 1.807) is 0 Å². The molecular formula is C15H22O2. The molecule has 1 aromatic rings. The average molecular weight is 234 g/mol. The fraction of sp³-hybridized carbons (Fsp3) is 0.467. The average Bonchev–Trinajstić information content (AvgIpc) is 2.29. The summed E-state index contributed by atoms with van der Waals surface area (Å²) in [6.07, 6.45) is 2.42. The number of hydrogen-bond donors (Lipinski definition) is 0. The molecule has 1 aromatic carbocycles. The van der Waals surface area contributed by atoms with Gasteiger partial charge in [0.05, 0.1) is 0 Å². The molecule has 17 heavy (non-hydrogen) atoms. The van der Waals surface area contributed by atoms with Crippen molar-refractivity contribution in [2.75, 3.05) is 0 Å². The van der Waals surface area contributed by atoms with Gasteiger partial charge in [-0.3, -0.25) is 4.79 Å². The maximum atomic E-state index is 11.4. The summed E-state index contributed by atoms with van der Waals surface area (Å²) in [5, 5.41) is 0. The number of hydrogen-bond acceptors (Lipinski definition) is 2. The van der Waals surface area contributed by atoms with Crippen LogP contribution in [0.2, 0.25) is 0 Å². The molecule has 0 aliphatic rings. The van der Waals surface area contributed by atoms with E-state index in [9.17, 15) is 9.59 Å². The van der Waals surface area contributed by atoms with Crippen molar-refractivity contribution >= 4 is 11.6 Å². The van der Waals surface area contributed by atoms with Gasteiger partial charge in [-0.25, -0.2) is 0 Å². The molecule has 0 bridgehead atoms. The molecule has 0 radical (unpaired) electrons. The maximum absolute atomic E-state index is 11.4. The lowest BCUT2D eigenvalue weighted by atomic mass is 10.1. The van der Waals surface area contributed by atoms with Crippen molar-refractivity contribution in [1.82, 2.24) is 0 Å². The van der Waals surface area contributed by atoms with E-state index in [1.165, 1.54) is 13.3 Å². The Morgan fingerprint density at radius 1 is 1.00 bits per heavy atom. The molecule has 0 heterocycles. The number of Topliss-reactive ketones (excluding diaryl/α,β-unsaturated/α-hetero) is 2. The number of benzene rings is 1. The standard InChI is InChI=1S/C12H14O2.C3H8/c1-10(13)7-8-12(14)9-11-5-3-2-4-6-11;1-3-2/h2-6H,7-9H2,1H3;3H2,1-2H3. The van der Waals surface area contributed by atoms with E-state index in [-0.39, 0.29) is 11.6 Å². The van der Waals surface area contributed by atoms with Crippen LogP contribution in [0.5, 0.6) is 0 Å². The van der Waals surface area contributed by atoms with Crippen LogP contribution in [0.1, 0.15) is 45.6 Å². The topological polar surface area (TPSA) is 34.1 Å². The van der Waals surface area contributed by atoms with Gasteiger partial charge in [-0.15, -0.1) is 0 Å². The minimum atomic E-state index is 0.0754. The molecule has 0 unspecified atom stereocenters. The summed E-state index contributed by atoms with van der Waals surface area (Å²) in [4.78, 5) is 22.0. The summed E-state index contributed by atoms with van der Waals surface area (Å²) in [7, 11) is 0. The second-order valence-electron chi connectivity index (χ2n) is 4.11. The fourth-order valence-corrected chi connectivity index (χ4v) is 1.23. The number of ketones is 2. The van der Waals surface area contributed by atoms with Crippen LogP contribution in [-0.2, 0) is 16.0 Å². The van der Waals surface area contributed by atoms with Crippen molar-refractivity contribution in [3.8, 4) is 0 Å². The van der Waals surface area contributed by atoms with Crippen LogP contribution in [0, 0.1) is 0 Å². The van der Waals surface area contributed by atoms with E-state index in [2.05, 4.69) is 13.8 Å². The highest BCUT2D eigenvalue weighted by atomic mass is 16.1. The van der Waals surface area contributed by atoms with Crippen LogP contribution in [0.15, 0.2) is 30.3 Å². The first-order valence-electron chi connectivity index (χ1n) is 6.15. The molecule has 0 atom stereocenters. The van der Waals surface area contributed by atoms with Crippen LogP contribution in [0.4, 0.5) is 0 Å². The van der Waals surface area contributed by atoms with Crippen molar-refractivity contribution in [3.05, 3.63) is 35.9 Å². The van der Waals surface area contributed by atoms with Crippen molar-refractivity contribution in [3.63, 3.8) is 0 Å². The molecule has 1 rings (SSSR count). The van der Waals surface area contributed by atoms with Gasteiger partial charge in [0.15, 0.2) is 0 Å². The summed E-state index contributed by atoms with van der Waals surface area (Å²) in [6, 6.07) is 9.59. The minimum absolute atomic E-state index is 0.0754. The third-order valence-electron chi connectivity index (χ3n) is 2.00. The van der Waals surface area contributed by atoms with E-state index in [0.29, 0.717) is 19.3 Å². The molecule has 0 fully saturated rings. The molecule has 0 saturated carbocycles. The van der Waals surface area contributed by atoms with Crippen molar-refractivity contribution in [2.24, 2.45) is 0 Å². The zero-order chi connectivity index (χ0) is 13.1. The van der Waals surface area contributed by atoms with Crippen molar-refractivity contribution in [2.45, 2.75) is 46.5 Å². The normalized spacial score (nSPS) is 9.12. The van der Waals surface area contributed by atoms with Crippen LogP contribution < -0.4 is 0 Å². The second-order valence-corrected chi connectivity index (χ2v) is 4.11. The molecule has 0 amide bonds. The highest BCUT2D eigenvalue weighted by molar-refractivity contribution is 5.86. The largest absolute Gasteiger partial charge is 0.300 e. The van der Waals surface area contributed by atoms with Gasteiger partial charge in [-0.2, -0.15) is 0 Å². The lowest BCUT2D eigenvalue weighted by Gasteiger charge is -1.99. The summed E-state index contributed by atoms with van der Waals surface area (Å²) < 4.78 is 0. The van der Waals surface area contributed by atoms with Gasteiger partial charge in [0.25, 0.3) is 0 Å². The van der Waals surface area contributed by atoms with Crippen LogP contribution >= 0.6 is 0 Å². The highest BCUT2D eigenvalue weighted by Gasteiger charge is 2.04. The Morgan fingerprint density at radius 2 is 1.53 bits per heavy atom. The molecule has 2 nitrogen and oxygen atoms in total. The van der Waals surface area contributed by atoms with E-state index in [1.807, 2.05) is 30.3 Å². The molecule has 2 heteroatoms. The Balaban J connectivity index is 0.000000770. The highest BCUT2D eigenvalue weighted by Crippen LogP contribution is 2.03. The predicted octanol–water partition coefficient (Wildman–Crippen LogP) is 3.58. The lowest BCUT2D eigenvalue weighted by Crippen LogP contribution is -2.04. The SMILES string of the molecule is CC(=O)CCC(=O)Cc1ccccc1.CCC. The Labute approximate surface area is 104 Å². The number of rotatable bonds is 5. The van der Waals surface area contributed by atoms with Gasteiger partial charge in [0, 0.05) is 19.3 Å². The molecule has 0 aromatic heterocycles. The Bertz CT molecular complexity index is 328. The minimum Gasteiger partial charge on any atom is -0.300 e. The lowest BCUT2D eigenvalue weighted by molar-refractivity contribution is -0.122. The fourth-order valence-electron chi connectivity index (χ4n) is 1.23. The van der Waals surface area contributed by atoms with Gasteiger partial charge < -0.3 is 4.79 Å². The first kappa shape index (κ1) is 15.6. The van der Waals surface area contributed by atoms with Crippen LogP contribution in [-0.4, -0.2) is 11.6 Å². The molecule has 0 saturated heterocycles. The first-order chi connectivity index (χ1) is 8.10. The van der Waals surface area contributed by atoms with Gasteiger partial charge in [0.2, 0.25) is 0 Å². The first-order valence-corrected chi connectivity index (χ1v) is 6.15. The van der Waals surface area contributed by atoms with Gasteiger partial charge >= 0.3 is 0 Å². The number of carbonyl (C=O) groups excluding carboxylic acids is 2. The summed E-state index contributed by atoms with van der Waals surface area (Å²) >= 11 is 0. The molecule has 0 spiro atoms. The van der Waals surface area contributed by atoms with Gasteiger partial charge in [0.1, 0.15) is 11.6 Å². The van der Waals surface area contributed by atoms with Gasteiger partial charge in [-0.05, 0) is 12.5 Å². The third kappa shape index (κ3) is 9.49. The maximum Gasteiger partial charge on any atom is 0.137 e. The zero-order valence-electron chi connectivity index (χ0n) is 11.0. The zero-order valence-corrected chi connectivity index (χ0v) is 11.0. The monoisotopic (exact) mass is 234 g/mol.